The molecule has 0 spiro atoms. The van der Waals surface area contributed by atoms with E-state index in [-0.39, 0.29) is 17.7 Å². The number of rotatable bonds is 7. The lowest BCUT2D eigenvalue weighted by Gasteiger charge is -2.28. The summed E-state index contributed by atoms with van der Waals surface area (Å²) in [4.78, 5) is 27.3. The van der Waals surface area contributed by atoms with Gasteiger partial charge in [-0.3, -0.25) is 9.59 Å². The fourth-order valence-corrected chi connectivity index (χ4v) is 3.63. The van der Waals surface area contributed by atoms with Crippen molar-refractivity contribution in [2.45, 2.75) is 19.3 Å². The number of benzene rings is 2. The maximum Gasteiger partial charge on any atom is 0.253 e. The van der Waals surface area contributed by atoms with E-state index in [2.05, 4.69) is 10.6 Å². The minimum atomic E-state index is -0.168. The average molecular weight is 396 g/mol. The molecule has 2 aromatic rings. The fraction of sp³-hybridized carbons (Fsp3) is 0.391. The third-order valence-corrected chi connectivity index (χ3v) is 5.39. The number of carbonyl (C=O) groups excluding carboxylic acids is 2. The Morgan fingerprint density at radius 3 is 2.48 bits per heavy atom. The second-order valence-corrected chi connectivity index (χ2v) is 7.29. The van der Waals surface area contributed by atoms with Crippen molar-refractivity contribution in [2.75, 3.05) is 38.7 Å². The van der Waals surface area contributed by atoms with Crippen LogP contribution in [0.5, 0.6) is 5.75 Å². The Hall–Kier alpha value is -2.86. The van der Waals surface area contributed by atoms with Crippen molar-refractivity contribution in [3.05, 3.63) is 59.7 Å². The van der Waals surface area contributed by atoms with E-state index in [9.17, 15) is 9.59 Å². The lowest BCUT2D eigenvalue weighted by molar-refractivity contribution is -0.122. The van der Waals surface area contributed by atoms with Crippen LogP contribution in [0, 0.1) is 5.92 Å². The molecule has 29 heavy (non-hydrogen) atoms. The van der Waals surface area contributed by atoms with Gasteiger partial charge < -0.3 is 20.3 Å². The number of nitrogens with zero attached hydrogens (tertiary/aromatic N) is 1. The van der Waals surface area contributed by atoms with E-state index in [4.69, 9.17) is 4.74 Å². The molecule has 0 saturated carbocycles. The van der Waals surface area contributed by atoms with E-state index in [1.165, 1.54) is 0 Å². The highest BCUT2D eigenvalue weighted by Crippen LogP contribution is 2.23. The molecule has 0 aliphatic carbocycles. The number of nitrogens with one attached hydrogen (secondary N) is 2. The maximum atomic E-state index is 12.9. The van der Waals surface area contributed by atoms with E-state index in [1.807, 2.05) is 42.5 Å². The van der Waals surface area contributed by atoms with Gasteiger partial charge in [0, 0.05) is 19.5 Å². The summed E-state index contributed by atoms with van der Waals surface area (Å²) >= 11 is 0. The second kappa shape index (κ2) is 10.1. The van der Waals surface area contributed by atoms with Gasteiger partial charge in [0.05, 0.1) is 18.4 Å². The van der Waals surface area contributed by atoms with Gasteiger partial charge in [-0.1, -0.05) is 24.3 Å². The Balaban J connectivity index is 1.62. The zero-order valence-electron chi connectivity index (χ0n) is 17.1. The van der Waals surface area contributed by atoms with Crippen LogP contribution in [0.2, 0.25) is 0 Å². The Bertz CT molecular complexity index is 830. The van der Waals surface area contributed by atoms with Crippen molar-refractivity contribution in [1.29, 1.82) is 0 Å². The van der Waals surface area contributed by atoms with E-state index in [1.54, 1.807) is 25.1 Å². The van der Waals surface area contributed by atoms with E-state index < -0.39 is 0 Å². The van der Waals surface area contributed by atoms with Crippen molar-refractivity contribution >= 4 is 17.5 Å². The fourth-order valence-electron chi connectivity index (χ4n) is 3.63. The normalized spacial score (nSPS) is 14.3. The molecule has 1 aliphatic rings. The molecule has 6 nitrogen and oxygen atoms in total. The third-order valence-electron chi connectivity index (χ3n) is 5.39. The predicted molar refractivity (Wildman–Crippen MR) is 114 cm³/mol. The molecule has 0 radical (unpaired) electrons. The molecular formula is C23H29N3O3. The van der Waals surface area contributed by atoms with E-state index >= 15 is 0 Å². The summed E-state index contributed by atoms with van der Waals surface area (Å²) in [5.74, 6) is 0.727. The summed E-state index contributed by atoms with van der Waals surface area (Å²) in [6.07, 6.45) is 2.39. The molecule has 2 N–H and O–H groups in total. The molecule has 2 amide bonds. The molecule has 0 atom stereocenters. The summed E-state index contributed by atoms with van der Waals surface area (Å²) in [5, 5.41) is 6.25. The van der Waals surface area contributed by atoms with Gasteiger partial charge in [0.25, 0.3) is 5.91 Å². The smallest absolute Gasteiger partial charge is 0.253 e. The highest BCUT2D eigenvalue weighted by Gasteiger charge is 2.26. The molecule has 0 bridgehead atoms. The summed E-state index contributed by atoms with van der Waals surface area (Å²) in [6, 6.07) is 15.1. The number of hydrogen-bond donors (Lipinski definition) is 2. The highest BCUT2D eigenvalue weighted by molar-refractivity contribution is 6.05. The van der Waals surface area contributed by atoms with Crippen molar-refractivity contribution in [2.24, 2.45) is 5.92 Å². The predicted octanol–water partition coefficient (Wildman–Crippen LogP) is 2.63. The van der Waals surface area contributed by atoms with Crippen LogP contribution in [0.4, 0.5) is 5.69 Å². The standard InChI is InChI=1S/C23H29N3O3/c1-26(23(28)18-12-14-24-15-13-18)21-6-4-3-5-20(21)22(27)25-16-11-17-7-9-19(29-2)10-8-17/h3-10,18,24H,11-16H2,1-2H3,(H,25,27). The van der Waals surface area contributed by atoms with Gasteiger partial charge in [0.2, 0.25) is 5.91 Å². The molecular weight excluding hydrogens is 366 g/mol. The van der Waals surface area contributed by atoms with Gasteiger partial charge in [-0.05, 0) is 62.2 Å². The number of para-hydroxylation sites is 1. The van der Waals surface area contributed by atoms with Gasteiger partial charge in [0.1, 0.15) is 5.75 Å². The number of piperidine rings is 1. The summed E-state index contributed by atoms with van der Waals surface area (Å²) < 4.78 is 5.16. The number of ether oxygens (including phenoxy) is 1. The summed E-state index contributed by atoms with van der Waals surface area (Å²) in [7, 11) is 3.40. The van der Waals surface area contributed by atoms with Crippen molar-refractivity contribution in [3.63, 3.8) is 0 Å². The maximum absolute atomic E-state index is 12.9. The molecule has 1 aliphatic heterocycles. The topological polar surface area (TPSA) is 70.7 Å². The van der Waals surface area contributed by atoms with Crippen LogP contribution in [0.3, 0.4) is 0 Å². The lowest BCUT2D eigenvalue weighted by atomic mass is 9.96. The molecule has 1 heterocycles. The van der Waals surface area contributed by atoms with Gasteiger partial charge >= 0.3 is 0 Å². The minimum absolute atomic E-state index is 0.00689. The first-order chi connectivity index (χ1) is 14.1. The quantitative estimate of drug-likeness (QED) is 0.756. The van der Waals surface area contributed by atoms with Crippen LogP contribution in [0.25, 0.3) is 0 Å². The SMILES string of the molecule is COc1ccc(CCNC(=O)c2ccccc2N(C)C(=O)C2CCNCC2)cc1. The Morgan fingerprint density at radius 2 is 1.79 bits per heavy atom. The van der Waals surface area contributed by atoms with Crippen molar-refractivity contribution in [3.8, 4) is 5.75 Å². The highest BCUT2D eigenvalue weighted by atomic mass is 16.5. The molecule has 0 unspecified atom stereocenters. The zero-order valence-corrected chi connectivity index (χ0v) is 17.1. The molecule has 0 aromatic heterocycles. The van der Waals surface area contributed by atoms with Gasteiger partial charge in [0.15, 0.2) is 0 Å². The van der Waals surface area contributed by atoms with Crippen LogP contribution in [0.1, 0.15) is 28.8 Å². The average Bonchev–Trinajstić information content (AvgIpc) is 2.79. The van der Waals surface area contributed by atoms with E-state index in [0.717, 1.165) is 43.7 Å². The number of amides is 2. The lowest BCUT2D eigenvalue weighted by Crippen LogP contribution is -2.40. The van der Waals surface area contributed by atoms with Crippen molar-refractivity contribution < 1.29 is 14.3 Å². The van der Waals surface area contributed by atoms with Crippen LogP contribution < -0.4 is 20.3 Å². The first kappa shape index (κ1) is 20.9. The number of carbonyl (C=O) groups is 2. The first-order valence-corrected chi connectivity index (χ1v) is 10.1. The molecule has 6 heteroatoms. The molecule has 154 valence electrons. The summed E-state index contributed by atoms with van der Waals surface area (Å²) in [6.45, 7) is 2.24. The monoisotopic (exact) mass is 395 g/mol. The number of methoxy groups -OCH3 is 1. The van der Waals surface area contributed by atoms with Gasteiger partial charge in [-0.15, -0.1) is 0 Å². The Labute approximate surface area is 172 Å². The van der Waals surface area contributed by atoms with Crippen LogP contribution in [0.15, 0.2) is 48.5 Å². The number of anilines is 1. The first-order valence-electron chi connectivity index (χ1n) is 10.1. The second-order valence-electron chi connectivity index (χ2n) is 7.29. The van der Waals surface area contributed by atoms with Crippen LogP contribution in [-0.4, -0.2) is 45.6 Å². The molecule has 1 fully saturated rings. The molecule has 2 aromatic carbocycles. The van der Waals surface area contributed by atoms with E-state index in [0.29, 0.717) is 17.8 Å². The minimum Gasteiger partial charge on any atom is -0.497 e. The largest absolute Gasteiger partial charge is 0.497 e. The third kappa shape index (κ3) is 5.35. The van der Waals surface area contributed by atoms with Crippen LogP contribution in [-0.2, 0) is 11.2 Å². The van der Waals surface area contributed by atoms with Crippen LogP contribution >= 0.6 is 0 Å². The van der Waals surface area contributed by atoms with Gasteiger partial charge in [-0.2, -0.15) is 0 Å². The molecule has 3 rings (SSSR count). The zero-order chi connectivity index (χ0) is 20.6. The Morgan fingerprint density at radius 1 is 1.10 bits per heavy atom. The summed E-state index contributed by atoms with van der Waals surface area (Å²) in [5.41, 5.74) is 2.29. The molecule has 1 saturated heterocycles. The number of hydrogen-bond acceptors (Lipinski definition) is 4. The van der Waals surface area contributed by atoms with Gasteiger partial charge in [-0.25, -0.2) is 0 Å². The Kier molecular flexibility index (Phi) is 7.25. The van der Waals surface area contributed by atoms with Crippen molar-refractivity contribution in [1.82, 2.24) is 10.6 Å².